The lowest BCUT2D eigenvalue weighted by atomic mass is 9.99. The molecular formula is C15H19BrN2OS. The molecule has 0 saturated heterocycles. The highest BCUT2D eigenvalue weighted by Gasteiger charge is 2.24. The Hall–Kier alpha value is -0.720. The molecule has 0 spiro atoms. The topological polar surface area (TPSA) is 47.3 Å². The normalized spacial score (nSPS) is 14.2. The van der Waals surface area contributed by atoms with Crippen LogP contribution in [-0.2, 0) is 11.2 Å². The van der Waals surface area contributed by atoms with Crippen LogP contribution in [0.25, 0.3) is 0 Å². The fourth-order valence-corrected chi connectivity index (χ4v) is 3.76. The number of hydrogen-bond donors (Lipinski definition) is 2. The number of hydrogen-bond acceptors (Lipinski definition) is 4. The van der Waals surface area contributed by atoms with Crippen LogP contribution in [-0.4, -0.2) is 12.6 Å². The molecule has 0 aliphatic heterocycles. The monoisotopic (exact) mass is 354 g/mol. The highest BCUT2D eigenvalue weighted by molar-refractivity contribution is 9.10. The predicted molar refractivity (Wildman–Crippen MR) is 87.6 cm³/mol. The Morgan fingerprint density at radius 1 is 1.30 bits per heavy atom. The van der Waals surface area contributed by atoms with Crippen LogP contribution >= 0.6 is 27.3 Å². The Kier molecular flexibility index (Phi) is 6.19. The van der Waals surface area contributed by atoms with Crippen LogP contribution in [0, 0.1) is 0 Å². The molecule has 3 N–H and O–H groups in total. The first-order chi connectivity index (χ1) is 9.76. The molecule has 0 saturated carbocycles. The Morgan fingerprint density at radius 3 is 2.60 bits per heavy atom. The van der Waals surface area contributed by atoms with Crippen molar-refractivity contribution in [1.82, 2.24) is 5.43 Å². The third-order valence-electron chi connectivity index (χ3n) is 3.15. The van der Waals surface area contributed by atoms with Gasteiger partial charge in [0.2, 0.25) is 0 Å². The van der Waals surface area contributed by atoms with Crippen molar-refractivity contribution in [1.29, 1.82) is 0 Å². The molecule has 0 aliphatic rings. The lowest BCUT2D eigenvalue weighted by Gasteiger charge is -2.26. The van der Waals surface area contributed by atoms with E-state index in [1.54, 1.807) is 11.3 Å². The van der Waals surface area contributed by atoms with Crippen LogP contribution in [0.5, 0.6) is 0 Å². The van der Waals surface area contributed by atoms with E-state index in [2.05, 4.69) is 44.9 Å². The molecule has 0 fully saturated rings. The Bertz CT molecular complexity index is 518. The van der Waals surface area contributed by atoms with Crippen molar-refractivity contribution in [2.45, 2.75) is 25.5 Å². The summed E-state index contributed by atoms with van der Waals surface area (Å²) in [7, 11) is 0. The summed E-state index contributed by atoms with van der Waals surface area (Å²) in [4.78, 5) is 1.27. The smallest absolute Gasteiger partial charge is 0.0994 e. The quantitative estimate of drug-likeness (QED) is 0.589. The first kappa shape index (κ1) is 15.7. The van der Waals surface area contributed by atoms with Crippen molar-refractivity contribution >= 4 is 27.3 Å². The van der Waals surface area contributed by atoms with Crippen LogP contribution < -0.4 is 11.3 Å². The molecule has 5 heteroatoms. The second kappa shape index (κ2) is 7.90. The van der Waals surface area contributed by atoms with Crippen molar-refractivity contribution in [2.75, 3.05) is 6.61 Å². The van der Waals surface area contributed by atoms with E-state index in [-0.39, 0.29) is 12.1 Å². The van der Waals surface area contributed by atoms with Crippen molar-refractivity contribution < 1.29 is 4.74 Å². The number of ether oxygens (including phenoxy) is 1. The first-order valence-corrected chi connectivity index (χ1v) is 8.28. The van der Waals surface area contributed by atoms with E-state index in [1.807, 2.05) is 25.1 Å². The minimum atomic E-state index is -0.0554. The van der Waals surface area contributed by atoms with Crippen LogP contribution in [0.4, 0.5) is 0 Å². The molecule has 1 heterocycles. The second-order valence-corrected chi connectivity index (χ2v) is 6.31. The zero-order valence-corrected chi connectivity index (χ0v) is 13.8. The van der Waals surface area contributed by atoms with Gasteiger partial charge < -0.3 is 4.74 Å². The maximum atomic E-state index is 5.92. The summed E-state index contributed by atoms with van der Waals surface area (Å²) in [6, 6.07) is 12.3. The molecule has 108 valence electrons. The van der Waals surface area contributed by atoms with Gasteiger partial charge in [-0.3, -0.25) is 11.3 Å². The van der Waals surface area contributed by atoms with Gasteiger partial charge in [0.15, 0.2) is 0 Å². The van der Waals surface area contributed by atoms with E-state index < -0.39 is 0 Å². The molecule has 1 aromatic heterocycles. The van der Waals surface area contributed by atoms with Crippen molar-refractivity contribution in [3.63, 3.8) is 0 Å². The molecule has 0 aliphatic carbocycles. The van der Waals surface area contributed by atoms with Gasteiger partial charge in [0.1, 0.15) is 0 Å². The molecule has 2 unspecified atom stereocenters. The molecule has 1 aromatic carbocycles. The summed E-state index contributed by atoms with van der Waals surface area (Å²) in [6.45, 7) is 2.66. The summed E-state index contributed by atoms with van der Waals surface area (Å²) >= 11 is 5.30. The van der Waals surface area contributed by atoms with Gasteiger partial charge in [-0.2, -0.15) is 0 Å². The van der Waals surface area contributed by atoms with Gasteiger partial charge in [-0.05, 0) is 39.9 Å². The molecular weight excluding hydrogens is 336 g/mol. The minimum Gasteiger partial charge on any atom is -0.372 e. The number of halogens is 1. The van der Waals surface area contributed by atoms with Crippen LogP contribution in [0.2, 0.25) is 0 Å². The zero-order valence-electron chi connectivity index (χ0n) is 11.4. The van der Waals surface area contributed by atoms with Gasteiger partial charge in [0, 0.05) is 22.4 Å². The van der Waals surface area contributed by atoms with Gasteiger partial charge in [-0.25, -0.2) is 0 Å². The number of nitrogens with two attached hydrogens (primary N) is 1. The summed E-state index contributed by atoms with van der Waals surface area (Å²) in [5.41, 5.74) is 4.06. The van der Waals surface area contributed by atoms with E-state index in [4.69, 9.17) is 10.6 Å². The third-order valence-corrected chi connectivity index (χ3v) is 5.10. The zero-order chi connectivity index (χ0) is 14.4. The molecule has 2 atom stereocenters. The number of rotatable bonds is 7. The van der Waals surface area contributed by atoms with Crippen LogP contribution in [0.15, 0.2) is 46.3 Å². The van der Waals surface area contributed by atoms with Gasteiger partial charge in [-0.1, -0.05) is 30.3 Å². The van der Waals surface area contributed by atoms with Gasteiger partial charge in [0.25, 0.3) is 0 Å². The van der Waals surface area contributed by atoms with E-state index in [1.165, 1.54) is 4.88 Å². The van der Waals surface area contributed by atoms with Crippen molar-refractivity contribution in [3.8, 4) is 0 Å². The Balaban J connectivity index is 2.19. The maximum absolute atomic E-state index is 5.92. The second-order valence-electron chi connectivity index (χ2n) is 4.46. The fraction of sp³-hybridized carbons (Fsp3) is 0.333. The first-order valence-electron chi connectivity index (χ1n) is 6.60. The molecule has 0 bridgehead atoms. The van der Waals surface area contributed by atoms with E-state index in [9.17, 15) is 0 Å². The largest absolute Gasteiger partial charge is 0.372 e. The number of benzene rings is 1. The number of hydrazine groups is 1. The highest BCUT2D eigenvalue weighted by Crippen LogP contribution is 2.29. The minimum absolute atomic E-state index is 0.0345. The standard InChI is InChI=1S/C15H19BrN2OS/c1-2-19-15(11-6-4-3-5-7-11)13(18-17)10-14-12(16)8-9-20-14/h3-9,13,15,18H,2,10,17H2,1H3. The summed E-state index contributed by atoms with van der Waals surface area (Å²) in [5.74, 6) is 5.77. The third kappa shape index (κ3) is 3.90. The molecule has 2 aromatic rings. The maximum Gasteiger partial charge on any atom is 0.0994 e. The number of nitrogens with one attached hydrogen (secondary N) is 1. The lowest BCUT2D eigenvalue weighted by Crippen LogP contribution is -2.42. The predicted octanol–water partition coefficient (Wildman–Crippen LogP) is 3.66. The molecule has 0 radical (unpaired) electrons. The van der Waals surface area contributed by atoms with Crippen LogP contribution in [0.1, 0.15) is 23.5 Å². The van der Waals surface area contributed by atoms with Crippen LogP contribution in [0.3, 0.4) is 0 Å². The highest BCUT2D eigenvalue weighted by atomic mass is 79.9. The summed E-state index contributed by atoms with van der Waals surface area (Å²) in [6.07, 6.45) is 0.772. The SMILES string of the molecule is CCOC(c1ccccc1)C(Cc1sccc1Br)NN. The van der Waals surface area contributed by atoms with E-state index >= 15 is 0 Å². The van der Waals surface area contributed by atoms with Gasteiger partial charge >= 0.3 is 0 Å². The summed E-state index contributed by atoms with van der Waals surface area (Å²) in [5, 5.41) is 2.07. The van der Waals surface area contributed by atoms with Gasteiger partial charge in [0.05, 0.1) is 12.1 Å². The summed E-state index contributed by atoms with van der Waals surface area (Å²) < 4.78 is 7.05. The molecule has 0 amide bonds. The fourth-order valence-electron chi connectivity index (χ4n) is 2.19. The number of thiophene rings is 1. The van der Waals surface area contributed by atoms with Crippen molar-refractivity contribution in [3.05, 3.63) is 56.7 Å². The Morgan fingerprint density at radius 2 is 2.05 bits per heavy atom. The Labute approximate surface area is 132 Å². The average molecular weight is 355 g/mol. The van der Waals surface area contributed by atoms with Gasteiger partial charge in [-0.15, -0.1) is 11.3 Å². The lowest BCUT2D eigenvalue weighted by molar-refractivity contribution is 0.0334. The van der Waals surface area contributed by atoms with Crippen molar-refractivity contribution in [2.24, 2.45) is 5.84 Å². The average Bonchev–Trinajstić information content (AvgIpc) is 2.89. The molecule has 3 nitrogen and oxygen atoms in total. The van der Waals surface area contributed by atoms with E-state index in [0.717, 1.165) is 16.5 Å². The molecule has 20 heavy (non-hydrogen) atoms. The van der Waals surface area contributed by atoms with E-state index in [0.29, 0.717) is 6.61 Å². The molecule has 2 rings (SSSR count).